The molecule has 0 saturated heterocycles. The molecule has 0 saturated carbocycles. The summed E-state index contributed by atoms with van der Waals surface area (Å²) in [6.45, 7) is 5.28. The maximum atomic E-state index is 5.96. The molecule has 108 valence electrons. The molecular formula is C14H19BrN4O. The Labute approximate surface area is 127 Å². The number of rotatable bonds is 6. The number of aryl methyl sites for hydroxylation is 1. The summed E-state index contributed by atoms with van der Waals surface area (Å²) in [4.78, 5) is 4.23. The lowest BCUT2D eigenvalue weighted by atomic mass is 10.1. The van der Waals surface area contributed by atoms with E-state index >= 15 is 0 Å². The minimum Gasteiger partial charge on any atom is -0.485 e. The van der Waals surface area contributed by atoms with Crippen LogP contribution in [0.4, 0.5) is 0 Å². The van der Waals surface area contributed by atoms with Gasteiger partial charge in [0.05, 0.1) is 0 Å². The van der Waals surface area contributed by atoms with Crippen LogP contribution in [0.1, 0.15) is 37.7 Å². The molecule has 20 heavy (non-hydrogen) atoms. The Hall–Kier alpha value is -1.40. The summed E-state index contributed by atoms with van der Waals surface area (Å²) < 4.78 is 8.71. The summed E-state index contributed by atoms with van der Waals surface area (Å²) in [5.41, 5.74) is 6.94. The molecule has 0 spiro atoms. The van der Waals surface area contributed by atoms with Crippen LogP contribution < -0.4 is 10.5 Å². The molecule has 2 N–H and O–H groups in total. The van der Waals surface area contributed by atoms with Crippen molar-refractivity contribution in [2.45, 2.75) is 39.5 Å². The van der Waals surface area contributed by atoms with Gasteiger partial charge in [-0.1, -0.05) is 28.9 Å². The van der Waals surface area contributed by atoms with Crippen LogP contribution in [0.5, 0.6) is 5.75 Å². The molecule has 1 aromatic carbocycles. The van der Waals surface area contributed by atoms with Gasteiger partial charge in [0, 0.05) is 22.6 Å². The Morgan fingerprint density at radius 1 is 1.45 bits per heavy atom. The Balaban J connectivity index is 2.14. The lowest BCUT2D eigenvalue weighted by Crippen LogP contribution is -2.11. The molecule has 0 bridgehead atoms. The molecule has 0 aliphatic rings. The van der Waals surface area contributed by atoms with Gasteiger partial charge in [-0.25, -0.2) is 9.67 Å². The van der Waals surface area contributed by atoms with Crippen molar-refractivity contribution in [3.63, 3.8) is 0 Å². The Bertz CT molecular complexity index is 568. The van der Waals surface area contributed by atoms with Crippen molar-refractivity contribution >= 4 is 15.9 Å². The molecule has 2 aromatic rings. The van der Waals surface area contributed by atoms with E-state index in [-0.39, 0.29) is 6.04 Å². The number of nitrogens with two attached hydrogens (primary N) is 1. The molecule has 5 nitrogen and oxygen atoms in total. The van der Waals surface area contributed by atoms with Gasteiger partial charge in [0.2, 0.25) is 0 Å². The normalized spacial score (nSPS) is 12.4. The highest BCUT2D eigenvalue weighted by atomic mass is 79.9. The SMILES string of the molecule is CCCn1ncnc1COc1cc(Br)ccc1[C@H](C)N. The standard InChI is InChI=1S/C14H19BrN4O/c1-3-6-19-14(17-9-18-19)8-20-13-7-11(15)4-5-12(13)10(2)16/h4-5,7,9-10H,3,6,8,16H2,1-2H3/t10-/m0/s1. The van der Waals surface area contributed by atoms with Crippen molar-refractivity contribution in [2.75, 3.05) is 0 Å². The zero-order valence-corrected chi connectivity index (χ0v) is 13.3. The number of nitrogens with zero attached hydrogens (tertiary/aromatic N) is 3. The van der Waals surface area contributed by atoms with Gasteiger partial charge in [-0.05, 0) is 25.5 Å². The third-order valence-corrected chi connectivity index (χ3v) is 3.45. The molecule has 2 rings (SSSR count). The van der Waals surface area contributed by atoms with Gasteiger partial charge in [0.25, 0.3) is 0 Å². The van der Waals surface area contributed by atoms with Gasteiger partial charge in [0.1, 0.15) is 18.7 Å². The lowest BCUT2D eigenvalue weighted by Gasteiger charge is -2.14. The van der Waals surface area contributed by atoms with Gasteiger partial charge in [-0.15, -0.1) is 0 Å². The Kier molecular flexibility index (Phi) is 5.14. The van der Waals surface area contributed by atoms with Crippen molar-refractivity contribution in [2.24, 2.45) is 5.73 Å². The Morgan fingerprint density at radius 3 is 2.95 bits per heavy atom. The largest absolute Gasteiger partial charge is 0.485 e. The van der Waals surface area contributed by atoms with Crippen molar-refractivity contribution in [1.29, 1.82) is 0 Å². The highest BCUT2D eigenvalue weighted by Gasteiger charge is 2.11. The summed E-state index contributed by atoms with van der Waals surface area (Å²) in [6, 6.07) is 5.79. The summed E-state index contributed by atoms with van der Waals surface area (Å²) in [7, 11) is 0. The molecule has 0 amide bonds. The first-order valence-corrected chi connectivity index (χ1v) is 7.45. The molecule has 0 fully saturated rings. The van der Waals surface area contributed by atoms with Crippen LogP contribution in [0.3, 0.4) is 0 Å². The van der Waals surface area contributed by atoms with Crippen molar-refractivity contribution in [3.8, 4) is 5.75 Å². The van der Waals surface area contributed by atoms with E-state index in [1.807, 2.05) is 29.8 Å². The zero-order valence-electron chi connectivity index (χ0n) is 11.7. The molecule has 0 aliphatic carbocycles. The Morgan fingerprint density at radius 2 is 2.25 bits per heavy atom. The fraction of sp³-hybridized carbons (Fsp3) is 0.429. The van der Waals surface area contributed by atoms with Crippen LogP contribution in [0, 0.1) is 0 Å². The van der Waals surface area contributed by atoms with E-state index in [0.29, 0.717) is 6.61 Å². The molecule has 0 unspecified atom stereocenters. The van der Waals surface area contributed by atoms with E-state index < -0.39 is 0 Å². The second-order valence-corrected chi connectivity index (χ2v) is 5.57. The highest BCUT2D eigenvalue weighted by molar-refractivity contribution is 9.10. The second-order valence-electron chi connectivity index (χ2n) is 4.66. The number of benzene rings is 1. The first kappa shape index (κ1) is 15.0. The zero-order chi connectivity index (χ0) is 14.5. The molecule has 1 aromatic heterocycles. The van der Waals surface area contributed by atoms with Crippen molar-refractivity contribution < 1.29 is 4.74 Å². The predicted octanol–water partition coefficient (Wildman–Crippen LogP) is 3.05. The molecule has 1 atom stereocenters. The van der Waals surface area contributed by atoms with Gasteiger partial charge < -0.3 is 10.5 Å². The van der Waals surface area contributed by atoms with Crippen LogP contribution in [0.15, 0.2) is 29.0 Å². The average Bonchev–Trinajstić information content (AvgIpc) is 2.84. The molecule has 0 radical (unpaired) electrons. The fourth-order valence-electron chi connectivity index (χ4n) is 1.95. The highest BCUT2D eigenvalue weighted by Crippen LogP contribution is 2.28. The van der Waals surface area contributed by atoms with Crippen LogP contribution >= 0.6 is 15.9 Å². The third-order valence-electron chi connectivity index (χ3n) is 2.95. The lowest BCUT2D eigenvalue weighted by molar-refractivity contribution is 0.282. The van der Waals surface area contributed by atoms with Gasteiger partial charge in [-0.3, -0.25) is 0 Å². The summed E-state index contributed by atoms with van der Waals surface area (Å²) in [5, 5.41) is 4.18. The number of ether oxygens (including phenoxy) is 1. The van der Waals surface area contributed by atoms with E-state index in [1.54, 1.807) is 6.33 Å². The summed E-state index contributed by atoms with van der Waals surface area (Å²) in [5.74, 6) is 1.60. The average molecular weight is 339 g/mol. The number of hydrogen-bond acceptors (Lipinski definition) is 4. The minimum absolute atomic E-state index is 0.0772. The van der Waals surface area contributed by atoms with Crippen molar-refractivity contribution in [3.05, 3.63) is 40.4 Å². The fourth-order valence-corrected chi connectivity index (χ4v) is 2.29. The van der Waals surface area contributed by atoms with E-state index in [1.165, 1.54) is 0 Å². The third kappa shape index (κ3) is 3.58. The number of hydrogen-bond donors (Lipinski definition) is 1. The topological polar surface area (TPSA) is 66.0 Å². The first-order chi connectivity index (χ1) is 9.61. The van der Waals surface area contributed by atoms with Crippen LogP contribution in [-0.2, 0) is 13.2 Å². The maximum absolute atomic E-state index is 5.96. The monoisotopic (exact) mass is 338 g/mol. The maximum Gasteiger partial charge on any atom is 0.164 e. The van der Waals surface area contributed by atoms with Crippen molar-refractivity contribution in [1.82, 2.24) is 14.8 Å². The van der Waals surface area contributed by atoms with E-state index in [0.717, 1.165) is 34.6 Å². The molecule has 1 heterocycles. The minimum atomic E-state index is -0.0772. The summed E-state index contributed by atoms with van der Waals surface area (Å²) >= 11 is 3.45. The predicted molar refractivity (Wildman–Crippen MR) is 81.4 cm³/mol. The van der Waals surface area contributed by atoms with E-state index in [2.05, 4.69) is 32.9 Å². The molecule has 0 aliphatic heterocycles. The number of halogens is 1. The van der Waals surface area contributed by atoms with Gasteiger partial charge in [-0.2, -0.15) is 5.10 Å². The first-order valence-electron chi connectivity index (χ1n) is 6.66. The molecular weight excluding hydrogens is 320 g/mol. The summed E-state index contributed by atoms with van der Waals surface area (Å²) in [6.07, 6.45) is 2.57. The van der Waals surface area contributed by atoms with E-state index in [9.17, 15) is 0 Å². The smallest absolute Gasteiger partial charge is 0.164 e. The van der Waals surface area contributed by atoms with Gasteiger partial charge >= 0.3 is 0 Å². The van der Waals surface area contributed by atoms with Crippen LogP contribution in [-0.4, -0.2) is 14.8 Å². The second kappa shape index (κ2) is 6.85. The van der Waals surface area contributed by atoms with Crippen LogP contribution in [0.25, 0.3) is 0 Å². The molecule has 6 heteroatoms. The van der Waals surface area contributed by atoms with Gasteiger partial charge in [0.15, 0.2) is 5.82 Å². The quantitative estimate of drug-likeness (QED) is 0.878. The number of aromatic nitrogens is 3. The van der Waals surface area contributed by atoms with Crippen LogP contribution in [0.2, 0.25) is 0 Å². The van der Waals surface area contributed by atoms with E-state index in [4.69, 9.17) is 10.5 Å².